The monoisotopic (exact) mass is 442 g/mol. The molecule has 8 heteroatoms. The van der Waals surface area contributed by atoms with Gasteiger partial charge in [0.1, 0.15) is 6.04 Å². The van der Waals surface area contributed by atoms with Gasteiger partial charge >= 0.3 is 0 Å². The summed E-state index contributed by atoms with van der Waals surface area (Å²) < 4.78 is 25.9. The number of carbonyl (C=O) groups excluding carboxylic acids is 1. The van der Waals surface area contributed by atoms with Crippen molar-refractivity contribution in [2.45, 2.75) is 32.2 Å². The van der Waals surface area contributed by atoms with Crippen molar-refractivity contribution in [2.75, 3.05) is 17.1 Å². The van der Waals surface area contributed by atoms with Crippen molar-refractivity contribution in [1.82, 2.24) is 5.32 Å². The van der Waals surface area contributed by atoms with E-state index in [0.717, 1.165) is 29.0 Å². The summed E-state index contributed by atoms with van der Waals surface area (Å²) in [6, 6.07) is 13.1. The first kappa shape index (κ1) is 22.5. The quantitative estimate of drug-likeness (QED) is 0.588. The molecule has 28 heavy (non-hydrogen) atoms. The van der Waals surface area contributed by atoms with E-state index in [2.05, 4.69) is 5.32 Å². The van der Waals surface area contributed by atoms with Crippen LogP contribution in [-0.4, -0.2) is 33.2 Å². The van der Waals surface area contributed by atoms with Crippen molar-refractivity contribution >= 4 is 44.8 Å². The molecule has 2 aromatic rings. The van der Waals surface area contributed by atoms with E-state index in [9.17, 15) is 13.2 Å². The number of rotatable bonds is 9. The van der Waals surface area contributed by atoms with Crippen LogP contribution in [0.25, 0.3) is 0 Å². The summed E-state index contributed by atoms with van der Waals surface area (Å²) >= 11 is 11.8. The Morgan fingerprint density at radius 2 is 1.57 bits per heavy atom. The molecule has 0 aromatic heterocycles. The lowest BCUT2D eigenvalue weighted by molar-refractivity contribution is -0.122. The fourth-order valence-electron chi connectivity index (χ4n) is 2.92. The molecule has 0 spiro atoms. The van der Waals surface area contributed by atoms with Crippen molar-refractivity contribution in [3.8, 4) is 0 Å². The molecule has 0 saturated carbocycles. The third-order valence-electron chi connectivity index (χ3n) is 4.27. The molecule has 0 aliphatic carbocycles. The van der Waals surface area contributed by atoms with Crippen LogP contribution >= 0.6 is 23.2 Å². The van der Waals surface area contributed by atoms with Gasteiger partial charge in [-0.15, -0.1) is 0 Å². The Balaban J connectivity index is 2.02. The molecule has 0 unspecified atom stereocenters. The Hall–Kier alpha value is -1.76. The molecule has 5 nitrogen and oxygen atoms in total. The van der Waals surface area contributed by atoms with Crippen LogP contribution in [0.3, 0.4) is 0 Å². The molecule has 2 aromatic carbocycles. The van der Waals surface area contributed by atoms with Gasteiger partial charge in [-0.3, -0.25) is 9.10 Å². The predicted octanol–water partition coefficient (Wildman–Crippen LogP) is 4.29. The molecule has 0 radical (unpaired) electrons. The van der Waals surface area contributed by atoms with E-state index in [0.29, 0.717) is 28.7 Å². The third kappa shape index (κ3) is 6.40. The van der Waals surface area contributed by atoms with Crippen LogP contribution in [0.1, 0.15) is 25.3 Å². The maximum absolute atomic E-state index is 12.7. The number of carbonyl (C=O) groups is 1. The maximum atomic E-state index is 12.7. The second kappa shape index (κ2) is 10.1. The van der Waals surface area contributed by atoms with Gasteiger partial charge in [-0.2, -0.15) is 0 Å². The molecule has 0 heterocycles. The van der Waals surface area contributed by atoms with Gasteiger partial charge in [-0.1, -0.05) is 42.3 Å². The topological polar surface area (TPSA) is 66.5 Å². The summed E-state index contributed by atoms with van der Waals surface area (Å²) in [5.74, 6) is -0.320. The number of sulfonamides is 1. The molecule has 0 aliphatic rings. The van der Waals surface area contributed by atoms with Gasteiger partial charge in [-0.05, 0) is 61.2 Å². The normalized spacial score (nSPS) is 12.4. The Kier molecular flexibility index (Phi) is 8.16. The van der Waals surface area contributed by atoms with E-state index in [1.807, 2.05) is 24.3 Å². The number of hydrogen-bond acceptors (Lipinski definition) is 3. The predicted molar refractivity (Wildman–Crippen MR) is 116 cm³/mol. The summed E-state index contributed by atoms with van der Waals surface area (Å²) in [5.41, 5.74) is 1.54. The van der Waals surface area contributed by atoms with Gasteiger partial charge in [-0.25, -0.2) is 8.42 Å². The first-order valence-electron chi connectivity index (χ1n) is 8.99. The Labute approximate surface area is 176 Å². The SMILES string of the molecule is CC[C@@H](C(=O)NCCCc1ccc(Cl)cc1)N(c1ccc(Cl)cc1)S(C)(=O)=O. The molecule has 0 bridgehead atoms. The summed E-state index contributed by atoms with van der Waals surface area (Å²) in [7, 11) is -3.65. The van der Waals surface area contributed by atoms with Gasteiger partial charge in [0.25, 0.3) is 0 Å². The van der Waals surface area contributed by atoms with E-state index < -0.39 is 16.1 Å². The van der Waals surface area contributed by atoms with Gasteiger partial charge < -0.3 is 5.32 Å². The minimum absolute atomic E-state index is 0.320. The molecule has 152 valence electrons. The lowest BCUT2D eigenvalue weighted by atomic mass is 10.1. The first-order valence-corrected chi connectivity index (χ1v) is 11.6. The number of nitrogens with one attached hydrogen (secondary N) is 1. The number of nitrogens with zero attached hydrogens (tertiary/aromatic N) is 1. The Morgan fingerprint density at radius 3 is 2.07 bits per heavy atom. The van der Waals surface area contributed by atoms with Gasteiger partial charge in [0.15, 0.2) is 0 Å². The number of anilines is 1. The Morgan fingerprint density at radius 1 is 1.04 bits per heavy atom. The number of hydrogen-bond donors (Lipinski definition) is 1. The van der Waals surface area contributed by atoms with Crippen molar-refractivity contribution in [3.05, 3.63) is 64.1 Å². The average molecular weight is 443 g/mol. The summed E-state index contributed by atoms with van der Waals surface area (Å²) in [6.07, 6.45) is 2.97. The van der Waals surface area contributed by atoms with E-state index in [1.165, 1.54) is 0 Å². The van der Waals surface area contributed by atoms with Gasteiger partial charge in [0, 0.05) is 16.6 Å². The number of amides is 1. The maximum Gasteiger partial charge on any atom is 0.243 e. The second-order valence-electron chi connectivity index (χ2n) is 6.48. The minimum Gasteiger partial charge on any atom is -0.354 e. The van der Waals surface area contributed by atoms with Crippen LogP contribution in [0.2, 0.25) is 10.0 Å². The summed E-state index contributed by atoms with van der Waals surface area (Å²) in [5, 5.41) is 4.04. The smallest absolute Gasteiger partial charge is 0.243 e. The van der Waals surface area contributed by atoms with Gasteiger partial charge in [0.05, 0.1) is 11.9 Å². The lowest BCUT2D eigenvalue weighted by Gasteiger charge is -2.30. The van der Waals surface area contributed by atoms with Gasteiger partial charge in [0.2, 0.25) is 15.9 Å². The molecule has 0 fully saturated rings. The molecule has 0 saturated heterocycles. The molecular weight excluding hydrogens is 419 g/mol. The first-order chi connectivity index (χ1) is 13.2. The van der Waals surface area contributed by atoms with Crippen LogP contribution < -0.4 is 9.62 Å². The number of aryl methyl sites for hydroxylation is 1. The highest BCUT2D eigenvalue weighted by Crippen LogP contribution is 2.24. The van der Waals surface area contributed by atoms with E-state index >= 15 is 0 Å². The van der Waals surface area contributed by atoms with Crippen LogP contribution in [0.4, 0.5) is 5.69 Å². The van der Waals surface area contributed by atoms with E-state index in [1.54, 1.807) is 31.2 Å². The number of halogens is 2. The average Bonchev–Trinajstić information content (AvgIpc) is 2.64. The molecule has 1 amide bonds. The van der Waals surface area contributed by atoms with Crippen LogP contribution in [0, 0.1) is 0 Å². The third-order valence-corrected chi connectivity index (χ3v) is 5.95. The second-order valence-corrected chi connectivity index (χ2v) is 9.21. The summed E-state index contributed by atoms with van der Waals surface area (Å²) in [6.45, 7) is 2.24. The largest absolute Gasteiger partial charge is 0.354 e. The summed E-state index contributed by atoms with van der Waals surface area (Å²) in [4.78, 5) is 12.7. The van der Waals surface area contributed by atoms with Crippen LogP contribution in [0.15, 0.2) is 48.5 Å². The zero-order valence-electron chi connectivity index (χ0n) is 15.9. The fraction of sp³-hybridized carbons (Fsp3) is 0.350. The number of benzene rings is 2. The van der Waals surface area contributed by atoms with Crippen molar-refractivity contribution in [3.63, 3.8) is 0 Å². The minimum atomic E-state index is -3.65. The zero-order chi connectivity index (χ0) is 20.7. The Bertz CT molecular complexity index is 885. The van der Waals surface area contributed by atoms with Crippen molar-refractivity contribution in [1.29, 1.82) is 0 Å². The van der Waals surface area contributed by atoms with E-state index in [-0.39, 0.29) is 5.91 Å². The molecule has 0 aliphatic heterocycles. The molecule has 2 rings (SSSR count). The fourth-order valence-corrected chi connectivity index (χ4v) is 4.38. The highest BCUT2D eigenvalue weighted by molar-refractivity contribution is 7.92. The molecular formula is C20H24Cl2N2O3S. The van der Waals surface area contributed by atoms with Crippen molar-refractivity contribution in [2.24, 2.45) is 0 Å². The zero-order valence-corrected chi connectivity index (χ0v) is 18.2. The van der Waals surface area contributed by atoms with Crippen LogP contribution in [-0.2, 0) is 21.2 Å². The highest BCUT2D eigenvalue weighted by Gasteiger charge is 2.31. The molecule has 1 N–H and O–H groups in total. The van der Waals surface area contributed by atoms with E-state index in [4.69, 9.17) is 23.2 Å². The van der Waals surface area contributed by atoms with Crippen LogP contribution in [0.5, 0.6) is 0 Å². The van der Waals surface area contributed by atoms with Crippen molar-refractivity contribution < 1.29 is 13.2 Å². The standard InChI is InChI=1S/C20H24Cl2N2O3S/c1-3-19(24(28(2,26)27)18-12-10-17(22)11-13-18)20(25)23-14-4-5-15-6-8-16(21)9-7-15/h6-13,19H,3-5,14H2,1-2H3,(H,23,25)/t19-/m0/s1. The molecule has 1 atom stereocenters. The lowest BCUT2D eigenvalue weighted by Crippen LogP contribution is -2.49. The highest BCUT2D eigenvalue weighted by atomic mass is 35.5.